The van der Waals surface area contributed by atoms with Crippen molar-refractivity contribution in [3.8, 4) is 0 Å². The molecule has 2 N–H and O–H groups in total. The van der Waals surface area contributed by atoms with Gasteiger partial charge in [0.05, 0.1) is 0 Å². The molecule has 1 aromatic heterocycles. The molecule has 1 rings (SSSR count). The molecular weight excluding hydrogens is 236 g/mol. The minimum absolute atomic E-state index is 0.179. The number of nitrogens with zero attached hydrogens (tertiary/aromatic N) is 1. The van der Waals surface area contributed by atoms with Gasteiger partial charge >= 0.3 is 0 Å². The summed E-state index contributed by atoms with van der Waals surface area (Å²) in [4.78, 5) is 11.1. The Hall–Kier alpha value is -0.810. The average Bonchev–Trinajstić information content (AvgIpc) is 2.46. The number of rotatable bonds is 2. The highest BCUT2D eigenvalue weighted by molar-refractivity contribution is 9.10. The van der Waals surface area contributed by atoms with Gasteiger partial charge in [-0.25, -0.2) is 5.48 Å². The topological polar surface area (TPSA) is 54.3 Å². The summed E-state index contributed by atoms with van der Waals surface area (Å²) in [6, 6.07) is 1.84. The van der Waals surface area contributed by atoms with E-state index in [4.69, 9.17) is 5.21 Å². The van der Waals surface area contributed by atoms with E-state index in [2.05, 4.69) is 15.9 Å². The zero-order chi connectivity index (χ0) is 10.0. The smallest absolute Gasteiger partial charge is 0.291 e. The van der Waals surface area contributed by atoms with Crippen molar-refractivity contribution in [2.75, 3.05) is 0 Å². The zero-order valence-corrected chi connectivity index (χ0v) is 9.00. The van der Waals surface area contributed by atoms with Gasteiger partial charge in [0.2, 0.25) is 0 Å². The number of nitrogens with one attached hydrogen (secondary N) is 1. The molecule has 5 heteroatoms. The van der Waals surface area contributed by atoms with E-state index in [9.17, 15) is 4.79 Å². The molecule has 0 unspecified atom stereocenters. The Bertz CT molecular complexity index is 320. The molecule has 0 atom stereocenters. The molecule has 0 bridgehead atoms. The summed E-state index contributed by atoms with van der Waals surface area (Å²) < 4.78 is 2.59. The average molecular weight is 247 g/mol. The Kier molecular flexibility index (Phi) is 3.11. The highest BCUT2D eigenvalue weighted by Crippen LogP contribution is 2.18. The van der Waals surface area contributed by atoms with Crippen LogP contribution in [0.2, 0.25) is 0 Å². The van der Waals surface area contributed by atoms with E-state index >= 15 is 0 Å². The third kappa shape index (κ3) is 2.10. The van der Waals surface area contributed by atoms with Crippen molar-refractivity contribution in [1.29, 1.82) is 0 Å². The minimum Gasteiger partial charge on any atom is -0.340 e. The van der Waals surface area contributed by atoms with Gasteiger partial charge in [-0.05, 0) is 35.8 Å². The SMILES string of the molecule is CC(C)n1cc(Br)cc1C(=O)NO. The van der Waals surface area contributed by atoms with Crippen molar-refractivity contribution >= 4 is 21.8 Å². The summed E-state index contributed by atoms with van der Waals surface area (Å²) in [7, 11) is 0. The molecule has 0 aromatic carbocycles. The number of amides is 1. The summed E-state index contributed by atoms with van der Waals surface area (Å²) in [5.41, 5.74) is 2.04. The third-order valence-electron chi connectivity index (χ3n) is 1.71. The normalized spacial score (nSPS) is 10.5. The molecule has 4 nitrogen and oxygen atoms in total. The molecule has 0 aliphatic heterocycles. The summed E-state index contributed by atoms with van der Waals surface area (Å²) >= 11 is 3.27. The Morgan fingerprint density at radius 2 is 2.31 bits per heavy atom. The highest BCUT2D eigenvalue weighted by atomic mass is 79.9. The molecule has 0 radical (unpaired) electrons. The number of aromatic nitrogens is 1. The van der Waals surface area contributed by atoms with Crippen LogP contribution in [0.25, 0.3) is 0 Å². The van der Waals surface area contributed by atoms with Crippen LogP contribution < -0.4 is 5.48 Å². The minimum atomic E-state index is -0.501. The van der Waals surface area contributed by atoms with Gasteiger partial charge in [-0.2, -0.15) is 0 Å². The van der Waals surface area contributed by atoms with Crippen LogP contribution in [-0.4, -0.2) is 15.7 Å². The lowest BCUT2D eigenvalue weighted by Gasteiger charge is -2.10. The van der Waals surface area contributed by atoms with Crippen molar-refractivity contribution in [3.63, 3.8) is 0 Å². The van der Waals surface area contributed by atoms with Gasteiger partial charge in [-0.15, -0.1) is 0 Å². The second-order valence-electron chi connectivity index (χ2n) is 2.99. The monoisotopic (exact) mass is 246 g/mol. The molecule has 0 fully saturated rings. The fraction of sp³-hybridized carbons (Fsp3) is 0.375. The van der Waals surface area contributed by atoms with Crippen molar-refractivity contribution < 1.29 is 10.0 Å². The van der Waals surface area contributed by atoms with E-state index in [0.717, 1.165) is 4.47 Å². The molecule has 72 valence electrons. The van der Waals surface area contributed by atoms with Gasteiger partial charge in [0.15, 0.2) is 0 Å². The van der Waals surface area contributed by atoms with Crippen LogP contribution in [0.15, 0.2) is 16.7 Å². The molecule has 13 heavy (non-hydrogen) atoms. The molecular formula is C8H11BrN2O2. The van der Waals surface area contributed by atoms with Gasteiger partial charge in [0.1, 0.15) is 5.69 Å². The fourth-order valence-electron chi connectivity index (χ4n) is 1.11. The second-order valence-corrected chi connectivity index (χ2v) is 3.90. The first-order valence-electron chi connectivity index (χ1n) is 3.88. The molecule has 0 saturated heterocycles. The Morgan fingerprint density at radius 3 is 2.77 bits per heavy atom. The maximum absolute atomic E-state index is 11.1. The first-order valence-corrected chi connectivity index (χ1v) is 4.67. The highest BCUT2D eigenvalue weighted by Gasteiger charge is 2.13. The Balaban J connectivity index is 3.11. The van der Waals surface area contributed by atoms with E-state index in [0.29, 0.717) is 5.69 Å². The fourth-order valence-corrected chi connectivity index (χ4v) is 1.55. The van der Waals surface area contributed by atoms with Crippen LogP contribution in [0, 0.1) is 0 Å². The quantitative estimate of drug-likeness (QED) is 0.619. The predicted octanol–water partition coefficient (Wildman–Crippen LogP) is 1.95. The van der Waals surface area contributed by atoms with E-state index in [1.165, 1.54) is 0 Å². The molecule has 0 aliphatic carbocycles. The number of carbonyl (C=O) groups excluding carboxylic acids is 1. The van der Waals surface area contributed by atoms with Crippen LogP contribution in [0.3, 0.4) is 0 Å². The first kappa shape index (κ1) is 10.3. The lowest BCUT2D eigenvalue weighted by Crippen LogP contribution is -2.22. The third-order valence-corrected chi connectivity index (χ3v) is 2.14. The van der Waals surface area contributed by atoms with E-state index in [-0.39, 0.29) is 6.04 Å². The maximum Gasteiger partial charge on any atom is 0.291 e. The van der Waals surface area contributed by atoms with Gasteiger partial charge in [-0.1, -0.05) is 0 Å². The Morgan fingerprint density at radius 1 is 1.69 bits per heavy atom. The zero-order valence-electron chi connectivity index (χ0n) is 7.41. The first-order chi connectivity index (χ1) is 6.06. The summed E-state index contributed by atoms with van der Waals surface area (Å²) in [5.74, 6) is -0.501. The van der Waals surface area contributed by atoms with Gasteiger partial charge in [0, 0.05) is 16.7 Å². The molecule has 0 aliphatic rings. The van der Waals surface area contributed by atoms with E-state index < -0.39 is 5.91 Å². The summed E-state index contributed by atoms with van der Waals surface area (Å²) in [6.45, 7) is 3.92. The van der Waals surface area contributed by atoms with Gasteiger partial charge in [-0.3, -0.25) is 10.0 Å². The lowest BCUT2D eigenvalue weighted by atomic mass is 10.3. The standard InChI is InChI=1S/C8H11BrN2O2/c1-5(2)11-4-6(9)3-7(11)8(12)10-13/h3-5,13H,1-2H3,(H,10,12). The summed E-state index contributed by atoms with van der Waals surface area (Å²) in [5, 5.41) is 8.48. The second kappa shape index (κ2) is 3.93. The summed E-state index contributed by atoms with van der Waals surface area (Å²) in [6.07, 6.45) is 1.80. The predicted molar refractivity (Wildman–Crippen MR) is 51.8 cm³/mol. The van der Waals surface area contributed by atoms with Crippen LogP contribution in [-0.2, 0) is 0 Å². The number of hydroxylamine groups is 1. The molecule has 1 amide bonds. The van der Waals surface area contributed by atoms with Crippen molar-refractivity contribution in [3.05, 3.63) is 22.4 Å². The van der Waals surface area contributed by atoms with Gasteiger partial charge in [0.25, 0.3) is 5.91 Å². The maximum atomic E-state index is 11.1. The van der Waals surface area contributed by atoms with Crippen LogP contribution >= 0.6 is 15.9 Å². The van der Waals surface area contributed by atoms with Crippen LogP contribution in [0.5, 0.6) is 0 Å². The van der Waals surface area contributed by atoms with Crippen LogP contribution in [0.1, 0.15) is 30.4 Å². The van der Waals surface area contributed by atoms with E-state index in [1.54, 1.807) is 22.3 Å². The van der Waals surface area contributed by atoms with E-state index in [1.807, 2.05) is 13.8 Å². The number of carbonyl (C=O) groups is 1. The molecule has 0 spiro atoms. The largest absolute Gasteiger partial charge is 0.340 e. The number of hydrogen-bond acceptors (Lipinski definition) is 2. The van der Waals surface area contributed by atoms with Crippen LogP contribution in [0.4, 0.5) is 0 Å². The molecule has 1 heterocycles. The Labute approximate surface area is 84.6 Å². The van der Waals surface area contributed by atoms with Gasteiger partial charge < -0.3 is 4.57 Å². The van der Waals surface area contributed by atoms with Crippen molar-refractivity contribution in [1.82, 2.24) is 10.0 Å². The number of halogens is 1. The molecule has 0 saturated carbocycles. The lowest BCUT2D eigenvalue weighted by molar-refractivity contribution is 0.0694. The molecule has 1 aromatic rings. The number of hydrogen-bond donors (Lipinski definition) is 2. The van der Waals surface area contributed by atoms with Crippen molar-refractivity contribution in [2.45, 2.75) is 19.9 Å². The van der Waals surface area contributed by atoms with Crippen molar-refractivity contribution in [2.24, 2.45) is 0 Å².